The maximum Gasteiger partial charge on any atom is 0.313 e. The Kier molecular flexibility index (Phi) is 5.26. The number of esters is 2. The van der Waals surface area contributed by atoms with Gasteiger partial charge in [-0.15, -0.1) is 0 Å². The first-order valence-electron chi connectivity index (χ1n) is 8.51. The maximum atomic E-state index is 12.2. The van der Waals surface area contributed by atoms with E-state index >= 15 is 0 Å². The Morgan fingerprint density at radius 3 is 2.27 bits per heavy atom. The van der Waals surface area contributed by atoms with E-state index < -0.39 is 11.3 Å². The van der Waals surface area contributed by atoms with Gasteiger partial charge in [-0.3, -0.25) is 9.59 Å². The monoisotopic (exact) mass is 354 g/mol. The molecule has 0 heterocycles. The van der Waals surface area contributed by atoms with E-state index in [1.807, 2.05) is 54.6 Å². The second kappa shape index (κ2) is 7.60. The van der Waals surface area contributed by atoms with Crippen molar-refractivity contribution in [1.29, 1.82) is 0 Å². The van der Waals surface area contributed by atoms with Crippen LogP contribution in [0.15, 0.2) is 54.6 Å². The summed E-state index contributed by atoms with van der Waals surface area (Å²) in [7, 11) is 2.68. The molecule has 2 aromatic carbocycles. The highest BCUT2D eigenvalue weighted by Gasteiger charge is 2.65. The number of rotatable bonds is 7. The Morgan fingerprint density at radius 2 is 1.65 bits per heavy atom. The molecule has 136 valence electrons. The minimum absolute atomic E-state index is 0.363. The van der Waals surface area contributed by atoms with Gasteiger partial charge in [0.2, 0.25) is 0 Å². The highest BCUT2D eigenvalue weighted by atomic mass is 16.5. The molecule has 5 nitrogen and oxygen atoms in total. The van der Waals surface area contributed by atoms with Crippen LogP contribution in [0.25, 0.3) is 0 Å². The van der Waals surface area contributed by atoms with Crippen LogP contribution in [-0.2, 0) is 32.1 Å². The second-order valence-electron chi connectivity index (χ2n) is 6.52. The van der Waals surface area contributed by atoms with Crippen LogP contribution in [-0.4, -0.2) is 26.2 Å². The highest BCUT2D eigenvalue weighted by molar-refractivity contribution is 5.91. The van der Waals surface area contributed by atoms with Gasteiger partial charge in [-0.1, -0.05) is 42.5 Å². The molecule has 1 saturated carbocycles. The Labute approximate surface area is 152 Å². The Bertz CT molecular complexity index is 769. The molecule has 1 unspecified atom stereocenters. The van der Waals surface area contributed by atoms with E-state index in [0.29, 0.717) is 19.4 Å². The molecule has 26 heavy (non-hydrogen) atoms. The lowest BCUT2D eigenvalue weighted by molar-refractivity contribution is -0.152. The summed E-state index contributed by atoms with van der Waals surface area (Å²) in [5.74, 6) is -0.408. The van der Waals surface area contributed by atoms with Gasteiger partial charge in [-0.25, -0.2) is 0 Å². The molecule has 5 heteroatoms. The fraction of sp³-hybridized carbons (Fsp3) is 0.333. The maximum absolute atomic E-state index is 12.2. The van der Waals surface area contributed by atoms with Crippen LogP contribution in [0.5, 0.6) is 5.75 Å². The first kappa shape index (κ1) is 18.0. The first-order chi connectivity index (χ1) is 12.6. The molecule has 0 radical (unpaired) electrons. The lowest BCUT2D eigenvalue weighted by Crippen LogP contribution is -2.25. The van der Waals surface area contributed by atoms with E-state index in [1.54, 1.807) is 0 Å². The molecule has 3 rings (SSSR count). The number of carbonyl (C=O) groups is 2. The lowest BCUT2D eigenvalue weighted by atomic mass is 9.94. The summed E-state index contributed by atoms with van der Waals surface area (Å²) in [5.41, 5.74) is 1.24. The summed E-state index contributed by atoms with van der Waals surface area (Å²) in [6.45, 7) is 0.497. The zero-order valence-corrected chi connectivity index (χ0v) is 14.9. The van der Waals surface area contributed by atoms with Gasteiger partial charge < -0.3 is 14.2 Å². The molecule has 0 saturated heterocycles. The summed E-state index contributed by atoms with van der Waals surface area (Å²) < 4.78 is 15.5. The first-order valence-corrected chi connectivity index (χ1v) is 8.51. The summed E-state index contributed by atoms with van der Waals surface area (Å²) in [6.07, 6.45) is 0.900. The molecule has 0 amide bonds. The predicted octanol–water partition coefficient (Wildman–Crippen LogP) is 3.16. The molecule has 0 spiro atoms. The molecule has 0 bridgehead atoms. The zero-order chi connectivity index (χ0) is 18.6. The standard InChI is InChI=1S/C21H22O5/c1-24-19(22)18-13-21(18,20(23)25-2)12-15-8-10-17(11-9-15)26-14-16-6-4-3-5-7-16/h3-11,18H,12-14H2,1-2H3/t18-,21?/m0/s1. The van der Waals surface area contributed by atoms with Gasteiger partial charge in [0.15, 0.2) is 0 Å². The van der Waals surface area contributed by atoms with E-state index in [-0.39, 0.29) is 11.9 Å². The molecule has 1 fully saturated rings. The van der Waals surface area contributed by atoms with Gasteiger partial charge in [-0.05, 0) is 36.1 Å². The van der Waals surface area contributed by atoms with Crippen LogP contribution in [0.3, 0.4) is 0 Å². The molecule has 1 aliphatic rings. The lowest BCUT2D eigenvalue weighted by Gasteiger charge is -2.15. The Morgan fingerprint density at radius 1 is 0.962 bits per heavy atom. The molecule has 2 aromatic rings. The summed E-state index contributed by atoms with van der Waals surface area (Å²) in [4.78, 5) is 24.0. The number of methoxy groups -OCH3 is 2. The topological polar surface area (TPSA) is 61.8 Å². The third-order valence-electron chi connectivity index (χ3n) is 4.84. The predicted molar refractivity (Wildman–Crippen MR) is 95.5 cm³/mol. The molecule has 0 aromatic heterocycles. The fourth-order valence-corrected chi connectivity index (χ4v) is 3.26. The van der Waals surface area contributed by atoms with Gasteiger partial charge in [0.1, 0.15) is 12.4 Å². The van der Waals surface area contributed by atoms with Crippen LogP contribution in [0.1, 0.15) is 17.5 Å². The van der Waals surface area contributed by atoms with Crippen molar-refractivity contribution in [3.8, 4) is 5.75 Å². The highest BCUT2D eigenvalue weighted by Crippen LogP contribution is 2.56. The average molecular weight is 354 g/mol. The molecule has 1 aliphatic carbocycles. The number of carbonyl (C=O) groups excluding carboxylic acids is 2. The van der Waals surface area contributed by atoms with Crippen molar-refractivity contribution in [2.75, 3.05) is 14.2 Å². The summed E-state index contributed by atoms with van der Waals surface area (Å²) >= 11 is 0. The van der Waals surface area contributed by atoms with Crippen LogP contribution in [0.2, 0.25) is 0 Å². The van der Waals surface area contributed by atoms with Crippen LogP contribution in [0.4, 0.5) is 0 Å². The van der Waals surface area contributed by atoms with Gasteiger partial charge in [0.25, 0.3) is 0 Å². The number of hydrogen-bond acceptors (Lipinski definition) is 5. The van der Waals surface area contributed by atoms with Crippen molar-refractivity contribution in [3.63, 3.8) is 0 Å². The van der Waals surface area contributed by atoms with Crippen LogP contribution in [0, 0.1) is 11.3 Å². The third-order valence-corrected chi connectivity index (χ3v) is 4.84. The van der Waals surface area contributed by atoms with Crippen LogP contribution >= 0.6 is 0 Å². The van der Waals surface area contributed by atoms with Gasteiger partial charge in [0.05, 0.1) is 25.6 Å². The van der Waals surface area contributed by atoms with E-state index in [4.69, 9.17) is 14.2 Å². The number of benzene rings is 2. The minimum atomic E-state index is -0.811. The Balaban J connectivity index is 1.64. The SMILES string of the molecule is COC(=O)[C@@H]1CC1(Cc1ccc(OCc2ccccc2)cc1)C(=O)OC. The van der Waals surface area contributed by atoms with Crippen molar-refractivity contribution in [2.45, 2.75) is 19.4 Å². The molecular weight excluding hydrogens is 332 g/mol. The normalized spacial score (nSPS) is 20.9. The largest absolute Gasteiger partial charge is 0.489 e. The van der Waals surface area contributed by atoms with Gasteiger partial charge >= 0.3 is 11.9 Å². The van der Waals surface area contributed by atoms with Crippen molar-refractivity contribution in [3.05, 3.63) is 65.7 Å². The summed E-state index contributed by atoms with van der Waals surface area (Å²) in [6, 6.07) is 17.5. The van der Waals surface area contributed by atoms with Crippen molar-refractivity contribution >= 4 is 11.9 Å². The van der Waals surface area contributed by atoms with Crippen molar-refractivity contribution < 1.29 is 23.8 Å². The van der Waals surface area contributed by atoms with E-state index in [0.717, 1.165) is 16.9 Å². The van der Waals surface area contributed by atoms with E-state index in [2.05, 4.69) is 0 Å². The molecule has 2 atom stereocenters. The van der Waals surface area contributed by atoms with Gasteiger partial charge in [0, 0.05) is 0 Å². The van der Waals surface area contributed by atoms with E-state index in [9.17, 15) is 9.59 Å². The molecule has 0 aliphatic heterocycles. The van der Waals surface area contributed by atoms with Crippen molar-refractivity contribution in [2.24, 2.45) is 11.3 Å². The number of ether oxygens (including phenoxy) is 3. The second-order valence-corrected chi connectivity index (χ2v) is 6.52. The fourth-order valence-electron chi connectivity index (χ4n) is 3.26. The molecular formula is C21H22O5. The van der Waals surface area contributed by atoms with E-state index in [1.165, 1.54) is 14.2 Å². The zero-order valence-electron chi connectivity index (χ0n) is 14.9. The minimum Gasteiger partial charge on any atom is -0.489 e. The number of hydrogen-bond donors (Lipinski definition) is 0. The third kappa shape index (κ3) is 3.72. The van der Waals surface area contributed by atoms with Crippen LogP contribution < -0.4 is 4.74 Å². The smallest absolute Gasteiger partial charge is 0.313 e. The Hall–Kier alpha value is -2.82. The molecule has 0 N–H and O–H groups in total. The summed E-state index contributed by atoms with van der Waals surface area (Å²) in [5, 5.41) is 0. The quantitative estimate of drug-likeness (QED) is 0.715. The van der Waals surface area contributed by atoms with Crippen molar-refractivity contribution in [1.82, 2.24) is 0 Å². The van der Waals surface area contributed by atoms with Gasteiger partial charge in [-0.2, -0.15) is 0 Å². The average Bonchev–Trinajstić information content (AvgIpc) is 3.42.